The summed E-state index contributed by atoms with van der Waals surface area (Å²) in [5.41, 5.74) is 2.20. The SMILES string of the molecule is CCNC(=NCC(CCO)CC(C)C)NCCn1c(C)nc2ccccc21. The number of nitrogens with zero attached hydrogens (tertiary/aromatic N) is 3. The molecule has 6 nitrogen and oxygen atoms in total. The summed E-state index contributed by atoms with van der Waals surface area (Å²) >= 11 is 0. The minimum Gasteiger partial charge on any atom is -0.396 e. The fourth-order valence-electron chi connectivity index (χ4n) is 3.46. The number of aliphatic hydroxyl groups excluding tert-OH is 1. The summed E-state index contributed by atoms with van der Waals surface area (Å²) in [5.74, 6) is 2.90. The quantitative estimate of drug-likeness (QED) is 0.442. The van der Waals surface area contributed by atoms with Crippen LogP contribution in [-0.4, -0.2) is 46.9 Å². The third-order valence-electron chi connectivity index (χ3n) is 4.67. The molecule has 6 heteroatoms. The number of benzene rings is 1. The van der Waals surface area contributed by atoms with Crippen LogP contribution in [0.3, 0.4) is 0 Å². The van der Waals surface area contributed by atoms with Gasteiger partial charge in [0, 0.05) is 32.8 Å². The molecule has 1 aromatic carbocycles. The average Bonchev–Trinajstić information content (AvgIpc) is 2.94. The Bertz CT molecular complexity index is 722. The summed E-state index contributed by atoms with van der Waals surface area (Å²) in [5, 5.41) is 16.0. The van der Waals surface area contributed by atoms with Gasteiger partial charge in [-0.25, -0.2) is 4.98 Å². The second-order valence-corrected chi connectivity index (χ2v) is 7.45. The molecule has 0 saturated carbocycles. The van der Waals surface area contributed by atoms with E-state index in [9.17, 15) is 5.11 Å². The largest absolute Gasteiger partial charge is 0.396 e. The molecule has 0 amide bonds. The number of aliphatic hydroxyl groups is 1. The van der Waals surface area contributed by atoms with Gasteiger partial charge in [0.05, 0.1) is 11.0 Å². The Morgan fingerprint density at radius 1 is 1.26 bits per heavy atom. The number of fused-ring (bicyclic) bond motifs is 1. The van der Waals surface area contributed by atoms with Crippen molar-refractivity contribution in [3.8, 4) is 0 Å². The van der Waals surface area contributed by atoms with Gasteiger partial charge in [-0.1, -0.05) is 26.0 Å². The van der Waals surface area contributed by atoms with Crippen LogP contribution < -0.4 is 10.6 Å². The number of hydrogen-bond donors (Lipinski definition) is 3. The Morgan fingerprint density at radius 3 is 2.74 bits per heavy atom. The molecule has 1 unspecified atom stereocenters. The van der Waals surface area contributed by atoms with Crippen LogP contribution in [0.1, 0.15) is 39.4 Å². The van der Waals surface area contributed by atoms with Gasteiger partial charge >= 0.3 is 0 Å². The number of imidazole rings is 1. The van der Waals surface area contributed by atoms with Crippen LogP contribution in [0, 0.1) is 18.8 Å². The molecule has 27 heavy (non-hydrogen) atoms. The maximum atomic E-state index is 9.29. The van der Waals surface area contributed by atoms with Crippen LogP contribution in [0.25, 0.3) is 11.0 Å². The maximum Gasteiger partial charge on any atom is 0.191 e. The van der Waals surface area contributed by atoms with E-state index in [0.29, 0.717) is 11.8 Å². The summed E-state index contributed by atoms with van der Waals surface area (Å²) in [6.07, 6.45) is 1.89. The smallest absolute Gasteiger partial charge is 0.191 e. The molecule has 1 heterocycles. The van der Waals surface area contributed by atoms with Crippen molar-refractivity contribution in [2.24, 2.45) is 16.8 Å². The minimum absolute atomic E-state index is 0.226. The van der Waals surface area contributed by atoms with Gasteiger partial charge in [0.2, 0.25) is 0 Å². The van der Waals surface area contributed by atoms with Crippen molar-refractivity contribution in [2.75, 3.05) is 26.2 Å². The number of nitrogens with one attached hydrogen (secondary N) is 2. The van der Waals surface area contributed by atoms with Gasteiger partial charge in [-0.05, 0) is 50.7 Å². The Morgan fingerprint density at radius 2 is 2.04 bits per heavy atom. The van der Waals surface area contributed by atoms with Crippen LogP contribution in [0.15, 0.2) is 29.3 Å². The third kappa shape index (κ3) is 6.54. The molecule has 0 aliphatic carbocycles. The fourth-order valence-corrected chi connectivity index (χ4v) is 3.46. The van der Waals surface area contributed by atoms with Gasteiger partial charge in [-0.15, -0.1) is 0 Å². The van der Waals surface area contributed by atoms with Crippen LogP contribution in [0.2, 0.25) is 0 Å². The zero-order valence-electron chi connectivity index (χ0n) is 17.2. The van der Waals surface area contributed by atoms with Crippen molar-refractivity contribution in [1.82, 2.24) is 20.2 Å². The first-order chi connectivity index (χ1) is 13.0. The van der Waals surface area contributed by atoms with Gasteiger partial charge in [-0.3, -0.25) is 4.99 Å². The highest BCUT2D eigenvalue weighted by molar-refractivity contribution is 5.79. The maximum absolute atomic E-state index is 9.29. The monoisotopic (exact) mass is 373 g/mol. The number of guanidine groups is 1. The first-order valence-electron chi connectivity index (χ1n) is 10.1. The molecule has 2 rings (SSSR count). The summed E-state index contributed by atoms with van der Waals surface area (Å²) in [6, 6.07) is 8.23. The highest BCUT2D eigenvalue weighted by Gasteiger charge is 2.11. The Labute approximate surface area is 163 Å². The Kier molecular flexibility index (Phi) is 8.58. The molecule has 0 bridgehead atoms. The van der Waals surface area contributed by atoms with E-state index < -0.39 is 0 Å². The predicted octanol–water partition coefficient (Wildman–Crippen LogP) is 2.94. The van der Waals surface area contributed by atoms with E-state index in [2.05, 4.69) is 53.1 Å². The highest BCUT2D eigenvalue weighted by atomic mass is 16.3. The lowest BCUT2D eigenvalue weighted by Crippen LogP contribution is -2.39. The molecule has 0 spiro atoms. The number of para-hydroxylation sites is 2. The minimum atomic E-state index is 0.226. The van der Waals surface area contributed by atoms with Gasteiger partial charge < -0.3 is 20.3 Å². The number of hydrogen-bond acceptors (Lipinski definition) is 3. The zero-order chi connectivity index (χ0) is 19.6. The van der Waals surface area contributed by atoms with Crippen LogP contribution in [0.5, 0.6) is 0 Å². The van der Waals surface area contributed by atoms with E-state index in [-0.39, 0.29) is 6.61 Å². The summed E-state index contributed by atoms with van der Waals surface area (Å²) in [7, 11) is 0. The summed E-state index contributed by atoms with van der Waals surface area (Å²) in [6.45, 7) is 12.0. The van der Waals surface area contributed by atoms with Crippen LogP contribution >= 0.6 is 0 Å². The topological polar surface area (TPSA) is 74.5 Å². The molecule has 0 saturated heterocycles. The lowest BCUT2D eigenvalue weighted by atomic mass is 9.94. The zero-order valence-corrected chi connectivity index (χ0v) is 17.2. The van der Waals surface area contributed by atoms with Crippen LogP contribution in [0.4, 0.5) is 0 Å². The molecular formula is C21H35N5O. The van der Waals surface area contributed by atoms with Crippen molar-refractivity contribution >= 4 is 17.0 Å². The van der Waals surface area contributed by atoms with Crippen molar-refractivity contribution in [3.05, 3.63) is 30.1 Å². The lowest BCUT2D eigenvalue weighted by Gasteiger charge is -2.18. The van der Waals surface area contributed by atoms with Crippen molar-refractivity contribution in [3.63, 3.8) is 0 Å². The average molecular weight is 374 g/mol. The van der Waals surface area contributed by atoms with Gasteiger partial charge in [0.15, 0.2) is 5.96 Å². The molecule has 1 atom stereocenters. The molecule has 1 aromatic heterocycles. The van der Waals surface area contributed by atoms with E-state index in [4.69, 9.17) is 4.99 Å². The molecule has 0 aliphatic heterocycles. The van der Waals surface area contributed by atoms with Gasteiger partial charge in [0.1, 0.15) is 5.82 Å². The molecule has 0 fully saturated rings. The van der Waals surface area contributed by atoms with Crippen molar-refractivity contribution in [2.45, 2.75) is 47.1 Å². The number of aromatic nitrogens is 2. The number of aliphatic imine (C=N–C) groups is 1. The second kappa shape index (κ2) is 10.9. The third-order valence-corrected chi connectivity index (χ3v) is 4.67. The molecule has 0 radical (unpaired) electrons. The van der Waals surface area contributed by atoms with E-state index >= 15 is 0 Å². The molecule has 2 aromatic rings. The summed E-state index contributed by atoms with van der Waals surface area (Å²) < 4.78 is 2.24. The predicted molar refractivity (Wildman–Crippen MR) is 113 cm³/mol. The Balaban J connectivity index is 1.95. The molecule has 0 aliphatic rings. The number of aryl methyl sites for hydroxylation is 1. The normalized spacial score (nSPS) is 13.3. The number of rotatable bonds is 10. The van der Waals surface area contributed by atoms with Gasteiger partial charge in [0.25, 0.3) is 0 Å². The van der Waals surface area contributed by atoms with Crippen LogP contribution in [-0.2, 0) is 6.54 Å². The standard InChI is InChI=1S/C21H35N5O/c1-5-22-21(24-15-18(10-13-27)14-16(2)3)23-11-12-26-17(4)25-19-8-6-7-9-20(19)26/h6-9,16,18,27H,5,10-15H2,1-4H3,(H2,22,23,24). The van der Waals surface area contributed by atoms with Crippen molar-refractivity contribution in [1.29, 1.82) is 0 Å². The van der Waals surface area contributed by atoms with E-state index in [1.807, 2.05) is 19.1 Å². The second-order valence-electron chi connectivity index (χ2n) is 7.45. The first-order valence-corrected chi connectivity index (χ1v) is 10.1. The highest BCUT2D eigenvalue weighted by Crippen LogP contribution is 2.16. The summed E-state index contributed by atoms with van der Waals surface area (Å²) in [4.78, 5) is 9.37. The fraction of sp³-hybridized carbons (Fsp3) is 0.619. The first kappa shape index (κ1) is 21.2. The van der Waals surface area contributed by atoms with E-state index in [0.717, 1.165) is 56.3 Å². The molecule has 150 valence electrons. The molecular weight excluding hydrogens is 338 g/mol. The van der Waals surface area contributed by atoms with E-state index in [1.54, 1.807) is 0 Å². The lowest BCUT2D eigenvalue weighted by molar-refractivity contribution is 0.245. The molecule has 3 N–H and O–H groups in total. The van der Waals surface area contributed by atoms with Gasteiger partial charge in [-0.2, -0.15) is 0 Å². The van der Waals surface area contributed by atoms with E-state index in [1.165, 1.54) is 5.52 Å². The van der Waals surface area contributed by atoms with Crippen molar-refractivity contribution < 1.29 is 5.11 Å². The Hall–Kier alpha value is -2.08.